The molecule has 0 heterocycles. The molecule has 0 aromatic heterocycles. The summed E-state index contributed by atoms with van der Waals surface area (Å²) in [7, 11) is -0.892. The first-order valence-corrected chi connectivity index (χ1v) is 17.7. The number of hydrogen-bond acceptors (Lipinski definition) is 0. The Morgan fingerprint density at radius 3 is 0.652 bits per heavy atom. The average molecular weight is 810 g/mol. The quantitative estimate of drug-likeness (QED) is 0.117. The minimum Gasteiger partial charge on any atom is -0.121 e. The molecular weight excluding hydrogens is 773 g/mol. The van der Waals surface area contributed by atoms with Crippen LogP contribution in [0.3, 0.4) is 0 Å². The van der Waals surface area contributed by atoms with E-state index < -0.39 is 15.8 Å². The second-order valence-corrected chi connectivity index (χ2v) is 14.4. The fourth-order valence-electron chi connectivity index (χ4n) is 4.76. The Bertz CT molecular complexity index is 1480. The molecule has 6 aromatic carbocycles. The van der Waals surface area contributed by atoms with Gasteiger partial charge in [0.1, 0.15) is 0 Å². The summed E-state index contributed by atoms with van der Waals surface area (Å²) >= 11 is 0. The Morgan fingerprint density at radius 2 is 0.457 bits per heavy atom. The molecule has 46 heavy (non-hydrogen) atoms. The monoisotopic (exact) mass is 809 g/mol. The maximum atomic E-state index is 2.92. The van der Waals surface area contributed by atoms with Crippen LogP contribution in [0.25, 0.3) is 0 Å². The average Bonchev–Trinajstić information content (AvgIpc) is 3.46. The summed E-state index contributed by atoms with van der Waals surface area (Å²) in [4.78, 5) is 0. The Balaban J connectivity index is 0.000000170. The number of allylic oxidation sites excluding steroid dienone is 5. The Labute approximate surface area is 291 Å². The van der Waals surface area contributed by atoms with Gasteiger partial charge in [0, 0.05) is 21.1 Å². The Kier molecular flexibility index (Phi) is 15.2. The van der Waals surface area contributed by atoms with Crippen LogP contribution in [-0.2, 0) is 21.1 Å². The van der Waals surface area contributed by atoms with Crippen molar-refractivity contribution in [1.82, 2.24) is 0 Å². The van der Waals surface area contributed by atoms with Crippen LogP contribution < -0.4 is 31.8 Å². The fraction of sp³-hybridized carbons (Fsp3) is 0. The molecule has 1 aliphatic carbocycles. The predicted molar refractivity (Wildman–Crippen MR) is 201 cm³/mol. The van der Waals surface area contributed by atoms with Crippen molar-refractivity contribution in [3.8, 4) is 0 Å². The zero-order valence-electron chi connectivity index (χ0n) is 25.5. The van der Waals surface area contributed by atoms with Crippen molar-refractivity contribution < 1.29 is 21.1 Å². The number of hydrogen-bond donors (Lipinski definition) is 0. The molecule has 0 saturated heterocycles. The second-order valence-electron chi connectivity index (χ2n) is 9.95. The van der Waals surface area contributed by atoms with Gasteiger partial charge in [-0.25, -0.2) is 0 Å². The van der Waals surface area contributed by atoms with Crippen molar-refractivity contribution in [3.63, 3.8) is 0 Å². The maximum Gasteiger partial charge on any atom is 0 e. The van der Waals surface area contributed by atoms with Crippen LogP contribution >= 0.6 is 15.8 Å². The van der Waals surface area contributed by atoms with Gasteiger partial charge in [-0.05, 0) is 59.8 Å². The standard InChI is InChI=1S/2C18H15P.C7H6.Pt/c2*1-4-10-16(11-5-1)19(17-12-6-2-7-13-17)18-14-8-3-9-15-18;1-2-4-6-7-5-3-1;/h2*1-15H;1-6H;. The minimum atomic E-state index is -0.446. The summed E-state index contributed by atoms with van der Waals surface area (Å²) in [6, 6.07) is 64.7. The molecule has 0 unspecified atom stereocenters. The van der Waals surface area contributed by atoms with Crippen LogP contribution in [0.1, 0.15) is 0 Å². The zero-order valence-corrected chi connectivity index (χ0v) is 29.6. The van der Waals surface area contributed by atoms with Gasteiger partial charge in [-0.3, -0.25) is 0 Å². The molecule has 0 aliphatic heterocycles. The van der Waals surface area contributed by atoms with Crippen molar-refractivity contribution in [2.45, 2.75) is 0 Å². The van der Waals surface area contributed by atoms with Gasteiger partial charge in [-0.15, -0.1) is 5.73 Å². The summed E-state index contributed by atoms with van der Waals surface area (Å²) in [6.45, 7) is 0. The van der Waals surface area contributed by atoms with E-state index in [2.05, 4.69) is 188 Å². The van der Waals surface area contributed by atoms with Gasteiger partial charge in [0.25, 0.3) is 0 Å². The molecule has 7 rings (SSSR count). The summed E-state index contributed by atoms with van der Waals surface area (Å²) in [6.07, 6.45) is 11.6. The molecule has 0 amide bonds. The van der Waals surface area contributed by atoms with Gasteiger partial charge in [0.2, 0.25) is 0 Å². The van der Waals surface area contributed by atoms with Crippen LogP contribution in [0.2, 0.25) is 0 Å². The summed E-state index contributed by atoms with van der Waals surface area (Å²) in [5.74, 6) is 0. The van der Waals surface area contributed by atoms with Gasteiger partial charge in [0.05, 0.1) is 0 Å². The Hall–Kier alpha value is -4.13. The minimum absolute atomic E-state index is 0. The number of rotatable bonds is 6. The molecule has 1 aliphatic rings. The van der Waals surface area contributed by atoms with Gasteiger partial charge < -0.3 is 0 Å². The smallest absolute Gasteiger partial charge is 0 e. The van der Waals surface area contributed by atoms with Gasteiger partial charge in [-0.1, -0.05) is 206 Å². The zero-order chi connectivity index (χ0) is 30.8. The van der Waals surface area contributed by atoms with E-state index in [9.17, 15) is 0 Å². The van der Waals surface area contributed by atoms with E-state index in [1.807, 2.05) is 36.5 Å². The summed E-state index contributed by atoms with van der Waals surface area (Å²) in [5, 5.41) is 8.39. The van der Waals surface area contributed by atoms with E-state index in [4.69, 9.17) is 0 Å². The van der Waals surface area contributed by atoms with Crippen molar-refractivity contribution in [3.05, 3.63) is 224 Å². The molecule has 3 heteroatoms. The van der Waals surface area contributed by atoms with Crippen LogP contribution in [0.15, 0.2) is 224 Å². The van der Waals surface area contributed by atoms with Gasteiger partial charge in [0.15, 0.2) is 0 Å². The second kappa shape index (κ2) is 20.1. The SMILES string of the molecule is C1=CC=CC=CC=1.[Pt].c1ccc(P(c2ccccc2)c2ccccc2)cc1.c1ccc(P(c2ccccc2)c2ccccc2)cc1. The van der Waals surface area contributed by atoms with Crippen LogP contribution in [-0.4, -0.2) is 0 Å². The Morgan fingerprint density at radius 1 is 0.261 bits per heavy atom. The van der Waals surface area contributed by atoms with Crippen LogP contribution in [0.4, 0.5) is 0 Å². The van der Waals surface area contributed by atoms with Gasteiger partial charge in [-0.2, -0.15) is 0 Å². The first-order chi connectivity index (χ1) is 22.4. The largest absolute Gasteiger partial charge is 0.121 e. The molecule has 0 radical (unpaired) electrons. The van der Waals surface area contributed by atoms with E-state index in [-0.39, 0.29) is 21.1 Å². The predicted octanol–water partition coefficient (Wildman–Crippen LogP) is 8.71. The molecule has 6 aromatic rings. The fourth-order valence-corrected chi connectivity index (χ4v) is 9.37. The number of benzene rings is 6. The van der Waals surface area contributed by atoms with E-state index in [0.29, 0.717) is 0 Å². The van der Waals surface area contributed by atoms with Crippen molar-refractivity contribution in [1.29, 1.82) is 0 Å². The van der Waals surface area contributed by atoms with Crippen molar-refractivity contribution >= 4 is 47.7 Å². The third kappa shape index (κ3) is 10.7. The van der Waals surface area contributed by atoms with E-state index in [1.165, 1.54) is 31.8 Å². The van der Waals surface area contributed by atoms with E-state index >= 15 is 0 Å². The van der Waals surface area contributed by atoms with E-state index in [1.54, 1.807) is 0 Å². The first kappa shape index (κ1) is 34.7. The molecule has 0 fully saturated rings. The van der Waals surface area contributed by atoms with Crippen molar-refractivity contribution in [2.75, 3.05) is 0 Å². The molecule has 228 valence electrons. The molecule has 0 bridgehead atoms. The molecule has 0 nitrogen and oxygen atoms in total. The van der Waals surface area contributed by atoms with Crippen LogP contribution in [0.5, 0.6) is 0 Å². The van der Waals surface area contributed by atoms with Crippen LogP contribution in [0, 0.1) is 0 Å². The van der Waals surface area contributed by atoms with Crippen molar-refractivity contribution in [2.24, 2.45) is 0 Å². The maximum absolute atomic E-state index is 2.92. The molecule has 0 N–H and O–H groups in total. The molecule has 0 saturated carbocycles. The first-order valence-electron chi connectivity index (χ1n) is 15.0. The molecule has 0 spiro atoms. The third-order valence-electron chi connectivity index (χ3n) is 6.80. The van der Waals surface area contributed by atoms with E-state index in [0.717, 1.165) is 0 Å². The normalized spacial score (nSPS) is 11.0. The molecular formula is C43H36P2Pt. The third-order valence-corrected chi connectivity index (χ3v) is 11.7. The topological polar surface area (TPSA) is 0 Å². The summed E-state index contributed by atoms with van der Waals surface area (Å²) < 4.78 is 0. The molecule has 0 atom stereocenters. The van der Waals surface area contributed by atoms with Gasteiger partial charge >= 0.3 is 0 Å². The summed E-state index contributed by atoms with van der Waals surface area (Å²) in [5.41, 5.74) is 2.92.